The number of methoxy groups -OCH3 is 1. The van der Waals surface area contributed by atoms with Crippen molar-refractivity contribution in [3.8, 4) is 11.5 Å². The third kappa shape index (κ3) is 5.39. The van der Waals surface area contributed by atoms with Crippen LogP contribution in [0.3, 0.4) is 0 Å². The summed E-state index contributed by atoms with van der Waals surface area (Å²) in [7, 11) is -0.633. The van der Waals surface area contributed by atoms with Gasteiger partial charge in [-0.25, -0.2) is 8.42 Å². The number of aryl methyl sites for hydroxylation is 1. The van der Waals surface area contributed by atoms with Gasteiger partial charge in [0.05, 0.1) is 24.2 Å². The minimum absolute atomic E-state index is 0.211. The molecule has 8 heteroatoms. The molecule has 0 aliphatic rings. The number of rotatable bonds is 9. The number of anilines is 1. The van der Waals surface area contributed by atoms with Crippen LogP contribution in [0.4, 0.5) is 5.69 Å². The van der Waals surface area contributed by atoms with Gasteiger partial charge >= 0.3 is 0 Å². The van der Waals surface area contributed by atoms with Crippen molar-refractivity contribution in [1.82, 2.24) is 5.32 Å². The molecule has 0 radical (unpaired) electrons. The second-order valence-electron chi connectivity index (χ2n) is 7.09. The van der Waals surface area contributed by atoms with Crippen LogP contribution in [0.2, 0.25) is 0 Å². The lowest BCUT2D eigenvalue weighted by atomic mass is 10.2. The van der Waals surface area contributed by atoms with E-state index < -0.39 is 10.0 Å². The maximum Gasteiger partial charge on any atom is 0.264 e. The molecule has 0 aromatic heterocycles. The number of carbonyl (C=O) groups is 1. The fourth-order valence-electron chi connectivity index (χ4n) is 3.00. The summed E-state index contributed by atoms with van der Waals surface area (Å²) >= 11 is 0. The number of benzene rings is 3. The maximum absolute atomic E-state index is 12.8. The van der Waals surface area contributed by atoms with Crippen LogP contribution in [0.25, 0.3) is 0 Å². The Morgan fingerprint density at radius 3 is 2.19 bits per heavy atom. The molecule has 0 bridgehead atoms. The van der Waals surface area contributed by atoms with E-state index >= 15 is 0 Å². The molecule has 32 heavy (non-hydrogen) atoms. The quantitative estimate of drug-likeness (QED) is 0.499. The first kappa shape index (κ1) is 23.1. The van der Waals surface area contributed by atoms with Gasteiger partial charge in [0.15, 0.2) is 11.5 Å². The third-order valence-corrected chi connectivity index (χ3v) is 6.69. The van der Waals surface area contributed by atoms with Crippen molar-refractivity contribution in [2.24, 2.45) is 0 Å². The lowest BCUT2D eigenvalue weighted by Gasteiger charge is -2.20. The number of carbonyl (C=O) groups excluding carboxylic acids is 1. The van der Waals surface area contributed by atoms with Crippen molar-refractivity contribution in [2.75, 3.05) is 31.6 Å². The Hall–Kier alpha value is -3.52. The van der Waals surface area contributed by atoms with Crippen LogP contribution in [0.1, 0.15) is 15.9 Å². The van der Waals surface area contributed by atoms with E-state index in [2.05, 4.69) is 5.32 Å². The van der Waals surface area contributed by atoms with Crippen LogP contribution in [0.5, 0.6) is 11.5 Å². The summed E-state index contributed by atoms with van der Waals surface area (Å²) in [5, 5.41) is 2.78. The Kier molecular flexibility index (Phi) is 7.37. The molecule has 168 valence electrons. The van der Waals surface area contributed by atoms with Gasteiger partial charge in [0.2, 0.25) is 0 Å². The summed E-state index contributed by atoms with van der Waals surface area (Å²) in [6, 6.07) is 20.3. The molecule has 0 aliphatic heterocycles. The summed E-state index contributed by atoms with van der Waals surface area (Å²) in [6.45, 7) is 2.48. The Labute approximate surface area is 188 Å². The summed E-state index contributed by atoms with van der Waals surface area (Å²) < 4.78 is 37.7. The molecule has 0 unspecified atom stereocenters. The van der Waals surface area contributed by atoms with Crippen LogP contribution >= 0.6 is 0 Å². The zero-order valence-electron chi connectivity index (χ0n) is 18.2. The van der Waals surface area contributed by atoms with Crippen LogP contribution < -0.4 is 19.1 Å². The van der Waals surface area contributed by atoms with Crippen molar-refractivity contribution in [3.05, 3.63) is 83.9 Å². The Balaban J connectivity index is 1.57. The van der Waals surface area contributed by atoms with Crippen LogP contribution in [-0.4, -0.2) is 41.6 Å². The Bertz CT molecular complexity index is 1160. The fraction of sp³-hybridized carbons (Fsp3) is 0.208. The molecule has 0 heterocycles. The number of ether oxygens (including phenoxy) is 2. The van der Waals surface area contributed by atoms with Crippen LogP contribution in [0, 0.1) is 6.92 Å². The molecule has 0 saturated carbocycles. The zero-order valence-corrected chi connectivity index (χ0v) is 19.1. The van der Waals surface area contributed by atoms with Crippen molar-refractivity contribution >= 4 is 21.6 Å². The highest BCUT2D eigenvalue weighted by molar-refractivity contribution is 7.92. The smallest absolute Gasteiger partial charge is 0.264 e. The van der Waals surface area contributed by atoms with Gasteiger partial charge in [-0.15, -0.1) is 0 Å². The summed E-state index contributed by atoms with van der Waals surface area (Å²) in [5.74, 6) is 0.953. The first-order chi connectivity index (χ1) is 15.3. The molecule has 1 amide bonds. The van der Waals surface area contributed by atoms with Crippen molar-refractivity contribution < 1.29 is 22.7 Å². The highest BCUT2D eigenvalue weighted by Gasteiger charge is 2.21. The van der Waals surface area contributed by atoms with Gasteiger partial charge in [-0.3, -0.25) is 9.10 Å². The molecule has 0 aliphatic carbocycles. The summed E-state index contributed by atoms with van der Waals surface area (Å²) in [4.78, 5) is 12.6. The van der Waals surface area contributed by atoms with E-state index in [1.807, 2.05) is 19.1 Å². The number of amides is 1. The molecule has 0 atom stereocenters. The number of hydrogen-bond donors (Lipinski definition) is 1. The zero-order chi connectivity index (χ0) is 23.1. The highest BCUT2D eigenvalue weighted by atomic mass is 32.2. The molecule has 3 aromatic rings. The third-order valence-electron chi connectivity index (χ3n) is 4.89. The highest BCUT2D eigenvalue weighted by Crippen LogP contribution is 2.25. The van der Waals surface area contributed by atoms with Crippen LogP contribution in [-0.2, 0) is 10.0 Å². The molecule has 0 fully saturated rings. The molecule has 0 spiro atoms. The van der Waals surface area contributed by atoms with E-state index in [0.717, 1.165) is 5.56 Å². The van der Waals surface area contributed by atoms with Crippen molar-refractivity contribution in [2.45, 2.75) is 11.8 Å². The Morgan fingerprint density at radius 1 is 0.938 bits per heavy atom. The number of sulfonamides is 1. The second kappa shape index (κ2) is 10.2. The molecule has 7 nitrogen and oxygen atoms in total. The predicted molar refractivity (Wildman–Crippen MR) is 124 cm³/mol. The van der Waals surface area contributed by atoms with Gasteiger partial charge in [0.1, 0.15) is 6.61 Å². The first-order valence-electron chi connectivity index (χ1n) is 10.0. The first-order valence-corrected chi connectivity index (χ1v) is 11.5. The van der Waals surface area contributed by atoms with Gasteiger partial charge < -0.3 is 14.8 Å². The standard InChI is InChI=1S/C24H26N2O5S/c1-18-8-14-21(15-9-18)32(28,29)26(2)20-12-10-19(11-13-20)24(27)25-16-17-31-23-7-5-4-6-22(23)30-3/h4-15H,16-17H2,1-3H3,(H,25,27). The summed E-state index contributed by atoms with van der Waals surface area (Å²) in [5.41, 5.74) is 1.86. The molecular formula is C24H26N2O5S. The molecule has 0 saturated heterocycles. The second-order valence-corrected chi connectivity index (χ2v) is 9.06. The van der Waals surface area contributed by atoms with E-state index in [1.165, 1.54) is 11.4 Å². The average molecular weight is 455 g/mol. The number of para-hydroxylation sites is 2. The number of nitrogens with zero attached hydrogens (tertiary/aromatic N) is 1. The molecule has 3 rings (SSSR count). The number of nitrogens with one attached hydrogen (secondary N) is 1. The van der Waals surface area contributed by atoms with E-state index in [4.69, 9.17) is 9.47 Å². The van der Waals surface area contributed by atoms with Crippen molar-refractivity contribution in [1.29, 1.82) is 0 Å². The van der Waals surface area contributed by atoms with E-state index in [-0.39, 0.29) is 17.4 Å². The van der Waals surface area contributed by atoms with Crippen molar-refractivity contribution in [3.63, 3.8) is 0 Å². The largest absolute Gasteiger partial charge is 0.493 e. The normalized spacial score (nSPS) is 11.0. The van der Waals surface area contributed by atoms with Gasteiger partial charge in [0, 0.05) is 12.6 Å². The van der Waals surface area contributed by atoms with Gasteiger partial charge in [-0.1, -0.05) is 29.8 Å². The lowest BCUT2D eigenvalue weighted by molar-refractivity contribution is 0.0947. The number of hydrogen-bond acceptors (Lipinski definition) is 5. The maximum atomic E-state index is 12.8. The van der Waals surface area contributed by atoms with Gasteiger partial charge in [-0.05, 0) is 55.5 Å². The Morgan fingerprint density at radius 2 is 1.56 bits per heavy atom. The van der Waals surface area contributed by atoms with E-state index in [9.17, 15) is 13.2 Å². The monoisotopic (exact) mass is 454 g/mol. The van der Waals surface area contributed by atoms with Gasteiger partial charge in [0.25, 0.3) is 15.9 Å². The minimum Gasteiger partial charge on any atom is -0.493 e. The molecule has 3 aromatic carbocycles. The SMILES string of the molecule is COc1ccccc1OCCNC(=O)c1ccc(N(C)S(=O)(=O)c2ccc(C)cc2)cc1. The lowest BCUT2D eigenvalue weighted by Crippen LogP contribution is -2.28. The average Bonchev–Trinajstić information content (AvgIpc) is 2.81. The van der Waals surface area contributed by atoms with Gasteiger partial charge in [-0.2, -0.15) is 0 Å². The van der Waals surface area contributed by atoms with Crippen LogP contribution in [0.15, 0.2) is 77.7 Å². The predicted octanol–water partition coefficient (Wildman–Crippen LogP) is 3.64. The topological polar surface area (TPSA) is 84.9 Å². The molecular weight excluding hydrogens is 428 g/mol. The molecule has 1 N–H and O–H groups in total. The van der Waals surface area contributed by atoms with E-state index in [1.54, 1.807) is 67.8 Å². The fourth-order valence-corrected chi connectivity index (χ4v) is 4.19. The minimum atomic E-state index is -3.69. The summed E-state index contributed by atoms with van der Waals surface area (Å²) in [6.07, 6.45) is 0. The van der Waals surface area contributed by atoms with E-state index in [0.29, 0.717) is 29.3 Å².